The SMILES string of the molecule is CC(C)NCc1ccccc1COc1cccc(Cl)c1F. The van der Waals surface area contributed by atoms with E-state index in [0.717, 1.165) is 17.7 Å². The first kappa shape index (κ1) is 15.8. The molecule has 0 radical (unpaired) electrons. The highest BCUT2D eigenvalue weighted by Gasteiger charge is 2.09. The number of rotatable bonds is 6. The molecule has 0 aliphatic rings. The van der Waals surface area contributed by atoms with Gasteiger partial charge in [-0.2, -0.15) is 0 Å². The molecule has 0 saturated heterocycles. The van der Waals surface area contributed by atoms with Crippen LogP contribution in [0.3, 0.4) is 0 Å². The van der Waals surface area contributed by atoms with Gasteiger partial charge in [-0.15, -0.1) is 0 Å². The zero-order valence-corrected chi connectivity index (χ0v) is 13.0. The van der Waals surface area contributed by atoms with E-state index in [2.05, 4.69) is 19.2 Å². The molecule has 0 aliphatic heterocycles. The monoisotopic (exact) mass is 307 g/mol. The van der Waals surface area contributed by atoms with Gasteiger partial charge in [0, 0.05) is 12.6 Å². The van der Waals surface area contributed by atoms with Crippen LogP contribution in [0.15, 0.2) is 42.5 Å². The molecule has 0 aliphatic carbocycles. The zero-order valence-electron chi connectivity index (χ0n) is 12.2. The molecule has 4 heteroatoms. The second kappa shape index (κ2) is 7.43. The van der Waals surface area contributed by atoms with Gasteiger partial charge in [0.25, 0.3) is 0 Å². The maximum Gasteiger partial charge on any atom is 0.183 e. The lowest BCUT2D eigenvalue weighted by Gasteiger charge is -2.14. The standard InChI is InChI=1S/C17H19ClFNO/c1-12(2)20-10-13-6-3-4-7-14(13)11-21-16-9-5-8-15(18)17(16)19/h3-9,12,20H,10-11H2,1-2H3. The lowest BCUT2D eigenvalue weighted by atomic mass is 10.1. The van der Waals surface area contributed by atoms with Crippen molar-refractivity contribution >= 4 is 11.6 Å². The lowest BCUT2D eigenvalue weighted by molar-refractivity contribution is 0.289. The normalized spacial score (nSPS) is 10.9. The molecular weight excluding hydrogens is 289 g/mol. The second-order valence-corrected chi connectivity index (χ2v) is 5.55. The van der Waals surface area contributed by atoms with Gasteiger partial charge in [0.05, 0.1) is 5.02 Å². The van der Waals surface area contributed by atoms with Crippen molar-refractivity contribution in [1.82, 2.24) is 5.32 Å². The van der Waals surface area contributed by atoms with E-state index in [1.54, 1.807) is 12.1 Å². The van der Waals surface area contributed by atoms with Crippen molar-refractivity contribution in [3.05, 3.63) is 64.4 Å². The molecule has 1 N–H and O–H groups in total. The molecule has 0 unspecified atom stereocenters. The fraction of sp³-hybridized carbons (Fsp3) is 0.294. The largest absolute Gasteiger partial charge is 0.486 e. The van der Waals surface area contributed by atoms with Crippen LogP contribution in [0, 0.1) is 5.82 Å². The summed E-state index contributed by atoms with van der Waals surface area (Å²) in [5.74, 6) is -0.342. The first-order valence-corrected chi connectivity index (χ1v) is 7.32. The minimum absolute atomic E-state index is 0.0715. The zero-order chi connectivity index (χ0) is 15.2. The van der Waals surface area contributed by atoms with E-state index >= 15 is 0 Å². The molecule has 0 fully saturated rings. The summed E-state index contributed by atoms with van der Waals surface area (Å²) in [7, 11) is 0. The molecule has 2 rings (SSSR count). The molecule has 0 bridgehead atoms. The van der Waals surface area contributed by atoms with Crippen molar-refractivity contribution < 1.29 is 9.13 Å². The molecule has 0 spiro atoms. The van der Waals surface area contributed by atoms with Crippen LogP contribution < -0.4 is 10.1 Å². The van der Waals surface area contributed by atoms with Gasteiger partial charge in [-0.3, -0.25) is 0 Å². The first-order chi connectivity index (χ1) is 10.1. The molecule has 21 heavy (non-hydrogen) atoms. The Kier molecular flexibility index (Phi) is 5.59. The number of halogens is 2. The molecule has 0 heterocycles. The van der Waals surface area contributed by atoms with Crippen LogP contribution in [0.5, 0.6) is 5.75 Å². The molecule has 0 amide bonds. The molecule has 2 nitrogen and oxygen atoms in total. The Morgan fingerprint density at radius 1 is 1.10 bits per heavy atom. The highest BCUT2D eigenvalue weighted by Crippen LogP contribution is 2.25. The second-order valence-electron chi connectivity index (χ2n) is 5.14. The van der Waals surface area contributed by atoms with E-state index in [0.29, 0.717) is 12.6 Å². The molecular formula is C17H19ClFNO. The average molecular weight is 308 g/mol. The summed E-state index contributed by atoms with van der Waals surface area (Å²) >= 11 is 5.75. The molecule has 0 aromatic heterocycles. The highest BCUT2D eigenvalue weighted by atomic mass is 35.5. The average Bonchev–Trinajstić information content (AvgIpc) is 2.47. The van der Waals surface area contributed by atoms with Crippen LogP contribution in [0.4, 0.5) is 4.39 Å². The number of ether oxygens (including phenoxy) is 1. The molecule has 0 saturated carbocycles. The van der Waals surface area contributed by atoms with Gasteiger partial charge >= 0.3 is 0 Å². The van der Waals surface area contributed by atoms with Crippen molar-refractivity contribution in [1.29, 1.82) is 0 Å². The van der Waals surface area contributed by atoms with Gasteiger partial charge in [-0.05, 0) is 23.3 Å². The van der Waals surface area contributed by atoms with Crippen molar-refractivity contribution in [2.24, 2.45) is 0 Å². The van der Waals surface area contributed by atoms with Crippen molar-refractivity contribution in [2.75, 3.05) is 0 Å². The Balaban J connectivity index is 2.07. The van der Waals surface area contributed by atoms with E-state index in [1.165, 1.54) is 6.07 Å². The fourth-order valence-electron chi connectivity index (χ4n) is 1.94. The van der Waals surface area contributed by atoms with Crippen LogP contribution in [-0.4, -0.2) is 6.04 Å². The summed E-state index contributed by atoms with van der Waals surface area (Å²) in [4.78, 5) is 0. The van der Waals surface area contributed by atoms with Crippen molar-refractivity contribution in [3.63, 3.8) is 0 Å². The van der Waals surface area contributed by atoms with Gasteiger partial charge in [0.2, 0.25) is 0 Å². The Labute approximate surface area is 129 Å². The molecule has 112 valence electrons. The third-order valence-electron chi connectivity index (χ3n) is 3.12. The quantitative estimate of drug-likeness (QED) is 0.845. The van der Waals surface area contributed by atoms with E-state index in [9.17, 15) is 4.39 Å². The maximum absolute atomic E-state index is 13.8. The van der Waals surface area contributed by atoms with E-state index in [-0.39, 0.29) is 10.8 Å². The minimum Gasteiger partial charge on any atom is -0.486 e. The lowest BCUT2D eigenvalue weighted by Crippen LogP contribution is -2.22. The van der Waals surface area contributed by atoms with E-state index < -0.39 is 5.82 Å². The van der Waals surface area contributed by atoms with Crippen LogP contribution in [0.25, 0.3) is 0 Å². The molecule has 2 aromatic rings. The van der Waals surface area contributed by atoms with Crippen LogP contribution >= 0.6 is 11.6 Å². The fourth-order valence-corrected chi connectivity index (χ4v) is 2.10. The third-order valence-corrected chi connectivity index (χ3v) is 3.41. The molecule has 0 atom stereocenters. The number of benzene rings is 2. The summed E-state index contributed by atoms with van der Waals surface area (Å²) in [6.45, 7) is 5.27. The number of hydrogen-bond acceptors (Lipinski definition) is 2. The van der Waals surface area contributed by atoms with Gasteiger partial charge in [-0.25, -0.2) is 4.39 Å². The Hall–Kier alpha value is -1.58. The summed E-state index contributed by atoms with van der Waals surface area (Å²) in [5.41, 5.74) is 2.18. The predicted octanol–water partition coefficient (Wildman–Crippen LogP) is 4.56. The van der Waals surface area contributed by atoms with Gasteiger partial charge in [0.15, 0.2) is 11.6 Å². The number of nitrogens with one attached hydrogen (secondary N) is 1. The summed E-state index contributed by atoms with van der Waals surface area (Å²) in [6, 6.07) is 13.1. The Morgan fingerprint density at radius 2 is 1.81 bits per heavy atom. The Bertz CT molecular complexity index is 601. The van der Waals surface area contributed by atoms with Crippen molar-refractivity contribution in [3.8, 4) is 5.75 Å². The van der Waals surface area contributed by atoms with Crippen molar-refractivity contribution in [2.45, 2.75) is 33.0 Å². The predicted molar refractivity (Wildman–Crippen MR) is 84.2 cm³/mol. The van der Waals surface area contributed by atoms with Crippen LogP contribution in [-0.2, 0) is 13.2 Å². The number of hydrogen-bond donors (Lipinski definition) is 1. The highest BCUT2D eigenvalue weighted by molar-refractivity contribution is 6.30. The van der Waals surface area contributed by atoms with Gasteiger partial charge < -0.3 is 10.1 Å². The Morgan fingerprint density at radius 3 is 2.52 bits per heavy atom. The topological polar surface area (TPSA) is 21.3 Å². The maximum atomic E-state index is 13.8. The smallest absolute Gasteiger partial charge is 0.183 e. The summed E-state index contributed by atoms with van der Waals surface area (Å²) in [6.07, 6.45) is 0. The van der Waals surface area contributed by atoms with Gasteiger partial charge in [0.1, 0.15) is 6.61 Å². The van der Waals surface area contributed by atoms with Gasteiger partial charge in [-0.1, -0.05) is 55.8 Å². The third kappa shape index (κ3) is 4.45. The molecule has 2 aromatic carbocycles. The van der Waals surface area contributed by atoms with E-state index in [4.69, 9.17) is 16.3 Å². The van der Waals surface area contributed by atoms with Crippen LogP contribution in [0.1, 0.15) is 25.0 Å². The minimum atomic E-state index is -0.517. The summed E-state index contributed by atoms with van der Waals surface area (Å²) in [5, 5.41) is 3.44. The first-order valence-electron chi connectivity index (χ1n) is 6.95. The summed E-state index contributed by atoms with van der Waals surface area (Å²) < 4.78 is 19.4. The van der Waals surface area contributed by atoms with E-state index in [1.807, 2.05) is 24.3 Å². The van der Waals surface area contributed by atoms with Crippen LogP contribution in [0.2, 0.25) is 5.02 Å².